The molecule has 0 N–H and O–H groups in total. The van der Waals surface area contributed by atoms with Crippen LogP contribution in [0, 0.1) is 13.8 Å². The quantitative estimate of drug-likeness (QED) is 0.812. The number of ether oxygens (including phenoxy) is 1. The SMILES string of the molecule is CCCc1nc(COc2ccc(C)cc2C)no1. The molecule has 0 saturated heterocycles. The minimum atomic E-state index is 0.344. The van der Waals surface area contributed by atoms with Crippen molar-refractivity contribution in [2.45, 2.75) is 40.2 Å². The summed E-state index contributed by atoms with van der Waals surface area (Å²) in [5, 5.41) is 3.89. The fourth-order valence-electron chi connectivity index (χ4n) is 1.77. The van der Waals surface area contributed by atoms with E-state index in [9.17, 15) is 0 Å². The lowest BCUT2D eigenvalue weighted by Crippen LogP contribution is -1.99. The van der Waals surface area contributed by atoms with Gasteiger partial charge in [0.05, 0.1) is 0 Å². The van der Waals surface area contributed by atoms with Gasteiger partial charge in [0.2, 0.25) is 11.7 Å². The highest BCUT2D eigenvalue weighted by Crippen LogP contribution is 2.19. The zero-order chi connectivity index (χ0) is 13.0. The molecular formula is C14H18N2O2. The molecule has 0 aliphatic carbocycles. The van der Waals surface area contributed by atoms with Gasteiger partial charge in [-0.3, -0.25) is 0 Å². The van der Waals surface area contributed by atoms with Gasteiger partial charge >= 0.3 is 0 Å². The Morgan fingerprint density at radius 1 is 1.28 bits per heavy atom. The van der Waals surface area contributed by atoms with Crippen LogP contribution in [0.5, 0.6) is 5.75 Å². The molecule has 1 aromatic carbocycles. The van der Waals surface area contributed by atoms with Gasteiger partial charge in [-0.25, -0.2) is 0 Å². The fraction of sp³-hybridized carbons (Fsp3) is 0.429. The summed E-state index contributed by atoms with van der Waals surface area (Å²) in [6, 6.07) is 6.09. The Bertz CT molecular complexity index is 520. The summed E-state index contributed by atoms with van der Waals surface area (Å²) in [6.07, 6.45) is 1.82. The van der Waals surface area contributed by atoms with E-state index < -0.39 is 0 Å². The number of aryl methyl sites for hydroxylation is 3. The molecule has 96 valence electrons. The molecule has 0 amide bonds. The smallest absolute Gasteiger partial charge is 0.226 e. The first-order valence-electron chi connectivity index (χ1n) is 6.20. The van der Waals surface area contributed by atoms with E-state index in [1.165, 1.54) is 5.56 Å². The fourth-order valence-corrected chi connectivity index (χ4v) is 1.77. The maximum Gasteiger partial charge on any atom is 0.226 e. The molecule has 0 bridgehead atoms. The van der Waals surface area contributed by atoms with Gasteiger partial charge in [-0.1, -0.05) is 29.8 Å². The van der Waals surface area contributed by atoms with Gasteiger partial charge in [0.1, 0.15) is 5.75 Å². The maximum atomic E-state index is 5.68. The lowest BCUT2D eigenvalue weighted by Gasteiger charge is -2.07. The third-order valence-electron chi connectivity index (χ3n) is 2.66. The highest BCUT2D eigenvalue weighted by atomic mass is 16.5. The van der Waals surface area contributed by atoms with Crippen molar-refractivity contribution in [1.29, 1.82) is 0 Å². The minimum Gasteiger partial charge on any atom is -0.485 e. The van der Waals surface area contributed by atoms with Crippen LogP contribution in [0.4, 0.5) is 0 Å². The second-order valence-corrected chi connectivity index (χ2v) is 4.41. The van der Waals surface area contributed by atoms with Crippen molar-refractivity contribution in [3.05, 3.63) is 41.0 Å². The van der Waals surface area contributed by atoms with Crippen LogP contribution in [-0.4, -0.2) is 10.1 Å². The van der Waals surface area contributed by atoms with Gasteiger partial charge < -0.3 is 9.26 Å². The molecule has 4 nitrogen and oxygen atoms in total. The molecule has 0 spiro atoms. The van der Waals surface area contributed by atoms with Crippen molar-refractivity contribution in [2.24, 2.45) is 0 Å². The Labute approximate surface area is 107 Å². The highest BCUT2D eigenvalue weighted by molar-refractivity contribution is 5.35. The molecule has 18 heavy (non-hydrogen) atoms. The minimum absolute atomic E-state index is 0.344. The molecule has 0 saturated carbocycles. The summed E-state index contributed by atoms with van der Waals surface area (Å²) in [5.74, 6) is 2.14. The van der Waals surface area contributed by atoms with Crippen molar-refractivity contribution in [1.82, 2.24) is 10.1 Å². The summed E-state index contributed by atoms with van der Waals surface area (Å²) >= 11 is 0. The molecule has 0 aliphatic heterocycles. The zero-order valence-electron chi connectivity index (χ0n) is 11.1. The van der Waals surface area contributed by atoms with E-state index in [0.29, 0.717) is 18.3 Å². The largest absolute Gasteiger partial charge is 0.485 e. The molecule has 0 aliphatic rings. The zero-order valence-corrected chi connectivity index (χ0v) is 11.1. The normalized spacial score (nSPS) is 10.6. The number of benzene rings is 1. The summed E-state index contributed by atoms with van der Waals surface area (Å²) in [7, 11) is 0. The first-order chi connectivity index (χ1) is 8.69. The molecular weight excluding hydrogens is 228 g/mol. The lowest BCUT2D eigenvalue weighted by molar-refractivity contribution is 0.283. The highest BCUT2D eigenvalue weighted by Gasteiger charge is 2.07. The van der Waals surface area contributed by atoms with Crippen LogP contribution in [0.25, 0.3) is 0 Å². The second-order valence-electron chi connectivity index (χ2n) is 4.41. The molecule has 4 heteroatoms. The molecule has 0 atom stereocenters. The molecule has 1 aromatic heterocycles. The van der Waals surface area contributed by atoms with E-state index >= 15 is 0 Å². The van der Waals surface area contributed by atoms with Crippen LogP contribution in [0.3, 0.4) is 0 Å². The van der Waals surface area contributed by atoms with E-state index in [1.807, 2.05) is 19.1 Å². The predicted octanol–water partition coefficient (Wildman–Crippen LogP) is 3.22. The average molecular weight is 246 g/mol. The van der Waals surface area contributed by atoms with Crippen molar-refractivity contribution in [2.75, 3.05) is 0 Å². The predicted molar refractivity (Wildman–Crippen MR) is 68.5 cm³/mol. The summed E-state index contributed by atoms with van der Waals surface area (Å²) in [6.45, 7) is 6.52. The van der Waals surface area contributed by atoms with Crippen LogP contribution in [-0.2, 0) is 13.0 Å². The Morgan fingerprint density at radius 3 is 2.83 bits per heavy atom. The van der Waals surface area contributed by atoms with Crippen molar-refractivity contribution in [3.63, 3.8) is 0 Å². The first kappa shape index (κ1) is 12.6. The van der Waals surface area contributed by atoms with Crippen LogP contribution in [0.1, 0.15) is 36.2 Å². The van der Waals surface area contributed by atoms with E-state index in [1.54, 1.807) is 0 Å². The van der Waals surface area contributed by atoms with E-state index in [4.69, 9.17) is 9.26 Å². The molecule has 2 aromatic rings. The third kappa shape index (κ3) is 3.09. The molecule has 0 unspecified atom stereocenters. The first-order valence-corrected chi connectivity index (χ1v) is 6.20. The number of aromatic nitrogens is 2. The molecule has 1 heterocycles. The van der Waals surface area contributed by atoms with Crippen LogP contribution >= 0.6 is 0 Å². The molecule has 2 rings (SSSR count). The Kier molecular flexibility index (Phi) is 3.97. The number of nitrogens with zero attached hydrogens (tertiary/aromatic N) is 2. The van der Waals surface area contributed by atoms with Crippen molar-refractivity contribution < 1.29 is 9.26 Å². The van der Waals surface area contributed by atoms with Crippen molar-refractivity contribution in [3.8, 4) is 5.75 Å². The van der Waals surface area contributed by atoms with E-state index in [2.05, 4.69) is 30.1 Å². The monoisotopic (exact) mass is 246 g/mol. The van der Waals surface area contributed by atoms with E-state index in [0.717, 1.165) is 24.2 Å². The van der Waals surface area contributed by atoms with Crippen LogP contribution in [0.15, 0.2) is 22.7 Å². The Morgan fingerprint density at radius 2 is 2.11 bits per heavy atom. The lowest BCUT2D eigenvalue weighted by atomic mass is 10.1. The Hall–Kier alpha value is -1.84. The molecule has 0 fully saturated rings. The van der Waals surface area contributed by atoms with Crippen LogP contribution < -0.4 is 4.74 Å². The van der Waals surface area contributed by atoms with Gasteiger partial charge in [-0.05, 0) is 31.9 Å². The van der Waals surface area contributed by atoms with Gasteiger partial charge in [0.25, 0.3) is 0 Å². The molecule has 0 radical (unpaired) electrons. The second kappa shape index (κ2) is 5.67. The van der Waals surface area contributed by atoms with Crippen LogP contribution in [0.2, 0.25) is 0 Å². The van der Waals surface area contributed by atoms with Crippen molar-refractivity contribution >= 4 is 0 Å². The standard InChI is InChI=1S/C14H18N2O2/c1-4-5-14-15-13(16-18-14)9-17-12-7-6-10(2)8-11(12)3/h6-8H,4-5,9H2,1-3H3. The third-order valence-corrected chi connectivity index (χ3v) is 2.66. The summed E-state index contributed by atoms with van der Waals surface area (Å²) < 4.78 is 10.8. The number of hydrogen-bond donors (Lipinski definition) is 0. The maximum absolute atomic E-state index is 5.68. The summed E-state index contributed by atoms with van der Waals surface area (Å²) in [4.78, 5) is 4.26. The van der Waals surface area contributed by atoms with E-state index in [-0.39, 0.29) is 0 Å². The van der Waals surface area contributed by atoms with Gasteiger partial charge in [0.15, 0.2) is 6.61 Å². The number of rotatable bonds is 5. The Balaban J connectivity index is 1.97. The van der Waals surface area contributed by atoms with Gasteiger partial charge in [0, 0.05) is 6.42 Å². The summed E-state index contributed by atoms with van der Waals surface area (Å²) in [5.41, 5.74) is 2.34. The topological polar surface area (TPSA) is 48.2 Å². The van der Waals surface area contributed by atoms with Gasteiger partial charge in [-0.15, -0.1) is 0 Å². The number of hydrogen-bond acceptors (Lipinski definition) is 4. The average Bonchev–Trinajstić information content (AvgIpc) is 2.76. The van der Waals surface area contributed by atoms with Gasteiger partial charge in [-0.2, -0.15) is 4.98 Å².